The maximum Gasteiger partial charge on any atom is 0.126 e. The number of nitrogens with zero attached hydrogens (tertiary/aromatic N) is 1. The quantitative estimate of drug-likeness (QED) is 0.787. The third-order valence-electron chi connectivity index (χ3n) is 5.05. The molecule has 0 unspecified atom stereocenters. The van der Waals surface area contributed by atoms with Crippen LogP contribution in [0.15, 0.2) is 35.7 Å². The highest BCUT2D eigenvalue weighted by Gasteiger charge is 2.23. The summed E-state index contributed by atoms with van der Waals surface area (Å²) in [7, 11) is 0. The zero-order valence-corrected chi connectivity index (χ0v) is 16.0. The summed E-state index contributed by atoms with van der Waals surface area (Å²) in [6.45, 7) is 10.4. The predicted molar refractivity (Wildman–Crippen MR) is 104 cm³/mol. The highest BCUT2D eigenvalue weighted by molar-refractivity contribution is 7.09. The first-order chi connectivity index (χ1) is 12.1. The van der Waals surface area contributed by atoms with E-state index in [2.05, 4.69) is 48.4 Å². The van der Waals surface area contributed by atoms with E-state index in [0.717, 1.165) is 32.7 Å². The Balaban J connectivity index is 1.40. The van der Waals surface area contributed by atoms with Gasteiger partial charge in [0.25, 0.3) is 0 Å². The molecule has 1 aromatic heterocycles. The van der Waals surface area contributed by atoms with Crippen molar-refractivity contribution in [3.8, 4) is 0 Å². The number of aliphatic hydroxyl groups excluding tert-OH is 1. The lowest BCUT2D eigenvalue weighted by atomic mass is 10.1. The van der Waals surface area contributed by atoms with E-state index < -0.39 is 0 Å². The summed E-state index contributed by atoms with van der Waals surface area (Å²) in [5, 5.41) is 12.3. The van der Waals surface area contributed by atoms with Gasteiger partial charge in [-0.25, -0.2) is 0 Å². The molecule has 1 aliphatic rings. The molecule has 0 spiro atoms. The molecule has 4 nitrogen and oxygen atoms in total. The first kappa shape index (κ1) is 18.4. The van der Waals surface area contributed by atoms with Crippen LogP contribution in [0, 0.1) is 13.8 Å². The van der Waals surface area contributed by atoms with Crippen LogP contribution in [0.2, 0.25) is 0 Å². The van der Waals surface area contributed by atoms with Crippen molar-refractivity contribution in [2.45, 2.75) is 26.6 Å². The maximum atomic E-state index is 10.2. The Labute approximate surface area is 154 Å². The number of rotatable bonds is 7. The number of anilines is 1. The number of hydrogen-bond donors (Lipinski definition) is 2. The fourth-order valence-corrected chi connectivity index (χ4v) is 4.07. The van der Waals surface area contributed by atoms with Crippen LogP contribution in [0.4, 0.5) is 5.69 Å². The van der Waals surface area contributed by atoms with Crippen molar-refractivity contribution >= 4 is 17.0 Å². The summed E-state index contributed by atoms with van der Waals surface area (Å²) in [6.07, 6.45) is -0.387. The smallest absolute Gasteiger partial charge is 0.126 e. The first-order valence-corrected chi connectivity index (χ1v) is 9.94. The minimum Gasteiger partial charge on any atom is -0.385 e. The van der Waals surface area contributed by atoms with Gasteiger partial charge in [0, 0.05) is 10.6 Å². The number of nitrogens with one attached hydrogen (secondary N) is 1. The molecule has 1 saturated heterocycles. The Morgan fingerprint density at radius 1 is 1.20 bits per heavy atom. The van der Waals surface area contributed by atoms with Crippen molar-refractivity contribution in [1.29, 1.82) is 0 Å². The molecular weight excluding hydrogens is 332 g/mol. The lowest BCUT2D eigenvalue weighted by Gasteiger charge is -2.35. The van der Waals surface area contributed by atoms with Crippen LogP contribution >= 0.6 is 11.3 Å². The summed E-state index contributed by atoms with van der Waals surface area (Å²) in [6, 6.07) is 10.6. The molecule has 0 bridgehead atoms. The summed E-state index contributed by atoms with van der Waals surface area (Å²) < 4.78 is 5.64. The van der Waals surface area contributed by atoms with E-state index in [1.54, 1.807) is 11.3 Å². The van der Waals surface area contributed by atoms with E-state index in [1.165, 1.54) is 26.6 Å². The molecule has 3 rings (SSSR count). The van der Waals surface area contributed by atoms with Gasteiger partial charge in [-0.3, -0.25) is 0 Å². The standard InChI is InChI=1S/C20H28N2O2S/c1-16-5-3-7-20(17(16)2)22-10-8-21(9-11-22)13-18(23)14-24-15-19-6-4-12-25-19/h3-7,12,18,23H,8-11,13-15H2,1-2H3/p+1/t18-/m1/s1. The van der Waals surface area contributed by atoms with Crippen molar-refractivity contribution in [3.05, 3.63) is 51.7 Å². The van der Waals surface area contributed by atoms with E-state index in [9.17, 15) is 5.11 Å². The predicted octanol–water partition coefficient (Wildman–Crippen LogP) is 1.65. The topological polar surface area (TPSA) is 37.1 Å². The Hall–Kier alpha value is -1.40. The van der Waals surface area contributed by atoms with Crippen molar-refractivity contribution in [2.24, 2.45) is 0 Å². The number of quaternary nitrogens is 1. The van der Waals surface area contributed by atoms with Crippen molar-refractivity contribution in [1.82, 2.24) is 0 Å². The van der Waals surface area contributed by atoms with E-state index in [4.69, 9.17) is 4.74 Å². The molecule has 5 heteroatoms. The summed E-state index contributed by atoms with van der Waals surface area (Å²) in [4.78, 5) is 5.15. The number of aryl methyl sites for hydroxylation is 1. The summed E-state index contributed by atoms with van der Waals surface area (Å²) >= 11 is 1.69. The van der Waals surface area contributed by atoms with Gasteiger partial charge >= 0.3 is 0 Å². The number of piperazine rings is 1. The van der Waals surface area contributed by atoms with Gasteiger partial charge in [-0.2, -0.15) is 0 Å². The zero-order chi connectivity index (χ0) is 17.6. The Bertz CT molecular complexity index is 652. The molecule has 2 N–H and O–H groups in total. The number of thiophene rings is 1. The number of hydrogen-bond acceptors (Lipinski definition) is 4. The van der Waals surface area contributed by atoms with E-state index >= 15 is 0 Å². The third kappa shape index (κ3) is 5.05. The Morgan fingerprint density at radius 2 is 2.00 bits per heavy atom. The fourth-order valence-electron chi connectivity index (χ4n) is 3.43. The van der Waals surface area contributed by atoms with Crippen molar-refractivity contribution < 1.29 is 14.7 Å². The van der Waals surface area contributed by atoms with Crippen LogP contribution in [0.5, 0.6) is 0 Å². The number of aliphatic hydroxyl groups is 1. The molecule has 136 valence electrons. The van der Waals surface area contributed by atoms with Gasteiger partial charge in [0.1, 0.15) is 12.6 Å². The van der Waals surface area contributed by atoms with E-state index in [-0.39, 0.29) is 6.10 Å². The molecular formula is C20H29N2O2S+. The lowest BCUT2D eigenvalue weighted by molar-refractivity contribution is -0.903. The second kappa shape index (κ2) is 8.81. The average Bonchev–Trinajstić information content (AvgIpc) is 3.12. The van der Waals surface area contributed by atoms with Crippen LogP contribution in [-0.2, 0) is 11.3 Å². The van der Waals surface area contributed by atoms with Gasteiger partial charge in [0.05, 0.1) is 39.4 Å². The molecule has 1 aliphatic heterocycles. The maximum absolute atomic E-state index is 10.2. The van der Waals surface area contributed by atoms with Gasteiger partial charge in [-0.15, -0.1) is 11.3 Å². The molecule has 2 heterocycles. The molecule has 2 aromatic rings. The minimum atomic E-state index is -0.387. The van der Waals surface area contributed by atoms with E-state index in [1.807, 2.05) is 6.07 Å². The van der Waals surface area contributed by atoms with Crippen LogP contribution in [-0.4, -0.2) is 50.5 Å². The Morgan fingerprint density at radius 3 is 2.72 bits per heavy atom. The van der Waals surface area contributed by atoms with Crippen LogP contribution < -0.4 is 9.80 Å². The van der Waals surface area contributed by atoms with E-state index in [0.29, 0.717) is 13.2 Å². The van der Waals surface area contributed by atoms with Gasteiger partial charge in [0.2, 0.25) is 0 Å². The molecule has 0 aliphatic carbocycles. The monoisotopic (exact) mass is 361 g/mol. The number of benzene rings is 1. The Kier molecular flexibility index (Phi) is 6.48. The van der Waals surface area contributed by atoms with Crippen LogP contribution in [0.1, 0.15) is 16.0 Å². The fraction of sp³-hybridized carbons (Fsp3) is 0.500. The summed E-state index contributed by atoms with van der Waals surface area (Å²) in [5.41, 5.74) is 4.09. The van der Waals surface area contributed by atoms with Gasteiger partial charge in [-0.1, -0.05) is 18.2 Å². The molecule has 1 fully saturated rings. The SMILES string of the molecule is Cc1cccc(N2CC[NH+](C[C@@H](O)COCc3cccs3)CC2)c1C. The first-order valence-electron chi connectivity index (χ1n) is 9.06. The van der Waals surface area contributed by atoms with Gasteiger partial charge < -0.3 is 19.6 Å². The van der Waals surface area contributed by atoms with Crippen LogP contribution in [0.25, 0.3) is 0 Å². The normalized spacial score (nSPS) is 17.0. The van der Waals surface area contributed by atoms with Gasteiger partial charge in [-0.05, 0) is 42.5 Å². The lowest BCUT2D eigenvalue weighted by Crippen LogP contribution is -3.16. The van der Waals surface area contributed by atoms with Gasteiger partial charge in [0.15, 0.2) is 0 Å². The zero-order valence-electron chi connectivity index (χ0n) is 15.2. The third-order valence-corrected chi connectivity index (χ3v) is 5.90. The summed E-state index contributed by atoms with van der Waals surface area (Å²) in [5.74, 6) is 0. The van der Waals surface area contributed by atoms with Crippen molar-refractivity contribution in [3.63, 3.8) is 0 Å². The molecule has 0 radical (unpaired) electrons. The van der Waals surface area contributed by atoms with Crippen LogP contribution in [0.3, 0.4) is 0 Å². The molecule has 25 heavy (non-hydrogen) atoms. The molecule has 0 saturated carbocycles. The second-order valence-corrected chi connectivity index (χ2v) is 7.94. The largest absolute Gasteiger partial charge is 0.385 e. The highest BCUT2D eigenvalue weighted by atomic mass is 32.1. The van der Waals surface area contributed by atoms with Crippen molar-refractivity contribution in [2.75, 3.05) is 44.2 Å². The average molecular weight is 362 g/mol. The molecule has 1 atom stereocenters. The molecule has 0 amide bonds. The minimum absolute atomic E-state index is 0.387. The highest BCUT2D eigenvalue weighted by Crippen LogP contribution is 2.22. The number of ether oxygens (including phenoxy) is 1. The second-order valence-electron chi connectivity index (χ2n) is 6.91. The molecule has 1 aromatic carbocycles.